The second kappa shape index (κ2) is 6.85. The monoisotopic (exact) mass is 364 g/mol. The summed E-state index contributed by atoms with van der Waals surface area (Å²) in [6.45, 7) is 6.24. The third-order valence-electron chi connectivity index (χ3n) is 4.31. The summed E-state index contributed by atoms with van der Waals surface area (Å²) in [5.74, 6) is -0.336. The highest BCUT2D eigenvalue weighted by Gasteiger charge is 2.41. The molecule has 2 heterocycles. The van der Waals surface area contributed by atoms with Gasteiger partial charge in [0.2, 0.25) is 5.91 Å². The van der Waals surface area contributed by atoms with Gasteiger partial charge in [0.15, 0.2) is 0 Å². The molecule has 2 atom stereocenters. The first-order valence-electron chi connectivity index (χ1n) is 8.18. The summed E-state index contributed by atoms with van der Waals surface area (Å²) in [7, 11) is -4.71. The molecular weight excluding hydrogens is 339 g/mol. The number of carbonyl (C=O) groups is 2. The van der Waals surface area contributed by atoms with Crippen LogP contribution in [0, 0.1) is 0 Å². The second-order valence-electron chi connectivity index (χ2n) is 7.40. The van der Waals surface area contributed by atoms with E-state index in [-0.39, 0.29) is 31.0 Å². The number of halogens is 1. The van der Waals surface area contributed by atoms with Crippen LogP contribution in [0.15, 0.2) is 0 Å². The number of hydrogen-bond donors (Lipinski definition) is 0. The fourth-order valence-corrected chi connectivity index (χ4v) is 3.82. The van der Waals surface area contributed by atoms with Gasteiger partial charge in [-0.3, -0.25) is 4.79 Å². The van der Waals surface area contributed by atoms with E-state index in [0.29, 0.717) is 32.4 Å². The minimum Gasteiger partial charge on any atom is -0.444 e. The average Bonchev–Trinajstić information content (AvgIpc) is 2.67. The molecule has 2 unspecified atom stereocenters. The number of amides is 2. The summed E-state index contributed by atoms with van der Waals surface area (Å²) in [5.41, 5.74) is -0.573. The van der Waals surface area contributed by atoms with Gasteiger partial charge in [-0.05, 0) is 40.0 Å². The van der Waals surface area contributed by atoms with E-state index in [1.54, 1.807) is 25.7 Å². The molecule has 0 aromatic carbocycles. The predicted octanol–water partition coefficient (Wildman–Crippen LogP) is 1.68. The van der Waals surface area contributed by atoms with Crippen molar-refractivity contribution in [3.63, 3.8) is 0 Å². The maximum absolute atomic E-state index is 13.1. The number of carbonyl (C=O) groups excluding carboxylic acids is 2. The smallest absolute Gasteiger partial charge is 0.410 e. The van der Waals surface area contributed by atoms with E-state index < -0.39 is 21.1 Å². The van der Waals surface area contributed by atoms with Gasteiger partial charge in [0.05, 0.1) is 0 Å². The number of hydrogen-bond acceptors (Lipinski definition) is 5. The van der Waals surface area contributed by atoms with Gasteiger partial charge in [-0.2, -0.15) is 8.42 Å². The van der Waals surface area contributed by atoms with Crippen LogP contribution < -0.4 is 0 Å². The molecule has 2 fully saturated rings. The van der Waals surface area contributed by atoms with Crippen LogP contribution in [0.3, 0.4) is 0 Å². The van der Waals surface area contributed by atoms with Crippen LogP contribution in [-0.2, 0) is 19.8 Å². The van der Waals surface area contributed by atoms with Gasteiger partial charge in [-0.15, -0.1) is 3.89 Å². The Morgan fingerprint density at radius 3 is 2.46 bits per heavy atom. The molecular formula is C15H25FN2O5S. The first-order chi connectivity index (χ1) is 11.0. The number of nitrogens with zero attached hydrogens (tertiary/aromatic N) is 2. The third-order valence-corrected chi connectivity index (χ3v) is 5.42. The van der Waals surface area contributed by atoms with Gasteiger partial charge in [-0.25, -0.2) is 4.79 Å². The lowest BCUT2D eigenvalue weighted by molar-refractivity contribution is -0.129. The third kappa shape index (κ3) is 4.81. The van der Waals surface area contributed by atoms with Crippen molar-refractivity contribution in [3.05, 3.63) is 0 Å². The topological polar surface area (TPSA) is 84.0 Å². The molecule has 0 radical (unpaired) electrons. The van der Waals surface area contributed by atoms with Crippen molar-refractivity contribution >= 4 is 22.2 Å². The van der Waals surface area contributed by atoms with Crippen molar-refractivity contribution in [2.45, 2.75) is 63.3 Å². The van der Waals surface area contributed by atoms with Crippen molar-refractivity contribution in [1.29, 1.82) is 0 Å². The summed E-state index contributed by atoms with van der Waals surface area (Å²) in [6.07, 6.45) is 1.18. The molecule has 0 N–H and O–H groups in total. The normalized spacial score (nSPS) is 26.4. The first kappa shape index (κ1) is 19.0. The van der Waals surface area contributed by atoms with Crippen LogP contribution in [-0.4, -0.2) is 66.7 Å². The zero-order chi connectivity index (χ0) is 18.1. The lowest BCUT2D eigenvalue weighted by Gasteiger charge is -2.28. The fraction of sp³-hybridized carbons (Fsp3) is 0.867. The molecule has 138 valence electrons. The Balaban J connectivity index is 1.96. The first-order valence-corrected chi connectivity index (χ1v) is 9.63. The molecule has 0 saturated carbocycles. The lowest BCUT2D eigenvalue weighted by Crippen LogP contribution is -2.40. The van der Waals surface area contributed by atoms with Crippen molar-refractivity contribution in [3.8, 4) is 0 Å². The molecule has 0 aromatic heterocycles. The fourth-order valence-electron chi connectivity index (χ4n) is 3.14. The molecule has 2 amide bonds. The largest absolute Gasteiger partial charge is 0.444 e. The van der Waals surface area contributed by atoms with Crippen LogP contribution in [0.25, 0.3) is 0 Å². The van der Waals surface area contributed by atoms with Gasteiger partial charge in [0.1, 0.15) is 10.9 Å². The van der Waals surface area contributed by atoms with Gasteiger partial charge in [-0.1, -0.05) is 0 Å². The molecule has 0 aliphatic carbocycles. The lowest BCUT2D eigenvalue weighted by atomic mass is 10.1. The molecule has 2 saturated heterocycles. The Morgan fingerprint density at radius 2 is 1.92 bits per heavy atom. The van der Waals surface area contributed by atoms with E-state index in [1.807, 2.05) is 0 Å². The Bertz CT molecular complexity index is 601. The summed E-state index contributed by atoms with van der Waals surface area (Å²) in [4.78, 5) is 27.2. The SMILES string of the molecule is CC(C)(C)OC(=O)N1CCCC(N2CC(S(=O)(=O)F)CC2=O)CC1. The Morgan fingerprint density at radius 1 is 1.25 bits per heavy atom. The van der Waals surface area contributed by atoms with Crippen molar-refractivity contribution in [2.24, 2.45) is 0 Å². The molecule has 2 aliphatic heterocycles. The van der Waals surface area contributed by atoms with Crippen molar-refractivity contribution in [2.75, 3.05) is 19.6 Å². The number of rotatable bonds is 2. The number of likely N-dealkylation sites (tertiary alicyclic amines) is 2. The summed E-state index contributed by atoms with van der Waals surface area (Å²) in [6, 6.07) is -0.170. The highest BCUT2D eigenvalue weighted by atomic mass is 32.3. The zero-order valence-electron chi connectivity index (χ0n) is 14.3. The van der Waals surface area contributed by atoms with Crippen LogP contribution in [0.1, 0.15) is 46.5 Å². The predicted molar refractivity (Wildman–Crippen MR) is 85.6 cm³/mol. The average molecular weight is 364 g/mol. The molecule has 2 aliphatic rings. The Labute approximate surface area is 142 Å². The standard InChI is InChI=1S/C15H25FN2O5S/c1-15(2,3)23-14(20)17-7-4-5-11(6-8-17)18-10-12(9-13(18)19)24(16,21)22/h11-12H,4-10H2,1-3H3. The highest BCUT2D eigenvalue weighted by molar-refractivity contribution is 7.87. The van der Waals surface area contributed by atoms with Crippen molar-refractivity contribution < 1.29 is 26.6 Å². The molecule has 0 spiro atoms. The second-order valence-corrected chi connectivity index (χ2v) is 9.02. The summed E-state index contributed by atoms with van der Waals surface area (Å²) >= 11 is 0. The van der Waals surface area contributed by atoms with E-state index >= 15 is 0 Å². The Hall–Kier alpha value is -1.38. The summed E-state index contributed by atoms with van der Waals surface area (Å²) in [5, 5.41) is -1.27. The molecule has 9 heteroatoms. The quantitative estimate of drug-likeness (QED) is 0.696. The van der Waals surface area contributed by atoms with E-state index in [2.05, 4.69) is 0 Å². The zero-order valence-corrected chi connectivity index (χ0v) is 15.1. The van der Waals surface area contributed by atoms with E-state index in [4.69, 9.17) is 4.74 Å². The molecule has 0 aromatic rings. The van der Waals surface area contributed by atoms with E-state index in [1.165, 1.54) is 4.90 Å². The minimum atomic E-state index is -4.71. The van der Waals surface area contributed by atoms with Crippen molar-refractivity contribution in [1.82, 2.24) is 9.80 Å². The maximum atomic E-state index is 13.1. The van der Waals surface area contributed by atoms with Crippen LogP contribution in [0.2, 0.25) is 0 Å². The van der Waals surface area contributed by atoms with Crippen LogP contribution in [0.4, 0.5) is 8.68 Å². The maximum Gasteiger partial charge on any atom is 0.410 e. The van der Waals surface area contributed by atoms with Gasteiger partial charge < -0.3 is 14.5 Å². The molecule has 0 bridgehead atoms. The summed E-state index contributed by atoms with van der Waals surface area (Å²) < 4.78 is 40.6. The van der Waals surface area contributed by atoms with Gasteiger partial charge >= 0.3 is 16.3 Å². The highest BCUT2D eigenvalue weighted by Crippen LogP contribution is 2.26. The Kier molecular flexibility index (Phi) is 5.41. The molecule has 2 rings (SSSR count). The molecule has 7 nitrogen and oxygen atoms in total. The van der Waals surface area contributed by atoms with E-state index in [0.717, 1.165) is 0 Å². The van der Waals surface area contributed by atoms with Crippen LogP contribution >= 0.6 is 0 Å². The number of ether oxygens (including phenoxy) is 1. The van der Waals surface area contributed by atoms with Gasteiger partial charge in [0, 0.05) is 32.1 Å². The van der Waals surface area contributed by atoms with Crippen LogP contribution in [0.5, 0.6) is 0 Å². The minimum absolute atomic E-state index is 0.102. The molecule has 24 heavy (non-hydrogen) atoms. The van der Waals surface area contributed by atoms with E-state index in [9.17, 15) is 21.9 Å². The van der Waals surface area contributed by atoms with Gasteiger partial charge in [0.25, 0.3) is 0 Å².